The summed E-state index contributed by atoms with van der Waals surface area (Å²) in [4.78, 5) is 24.5. The van der Waals surface area contributed by atoms with Gasteiger partial charge in [0.1, 0.15) is 0 Å². The summed E-state index contributed by atoms with van der Waals surface area (Å²) >= 11 is 0. The van der Waals surface area contributed by atoms with E-state index in [1.165, 1.54) is 0 Å². The van der Waals surface area contributed by atoms with Gasteiger partial charge in [0.15, 0.2) is 6.61 Å². The first-order valence-electron chi connectivity index (χ1n) is 8.81. The molecule has 3 aromatic rings. The standard InChI is InChI=1S/C22H22N2O3/c1-15(17-12-7-9-16-8-3-4-10-18(16)17)24-21(25)14-27-22(26)19-11-5-6-13-20(19)23-2/h3-13,15,23H,14H2,1-2H3,(H,24,25)/t15-/m1/s1. The van der Waals surface area contributed by atoms with E-state index in [0.29, 0.717) is 11.3 Å². The van der Waals surface area contributed by atoms with Crippen LogP contribution in [0, 0.1) is 0 Å². The van der Waals surface area contributed by atoms with E-state index in [1.807, 2.05) is 55.5 Å². The predicted octanol–water partition coefficient (Wildman–Crippen LogP) is 3.92. The first-order valence-corrected chi connectivity index (χ1v) is 8.81. The number of fused-ring (bicyclic) bond motifs is 1. The Balaban J connectivity index is 1.63. The Morgan fingerprint density at radius 1 is 0.963 bits per heavy atom. The van der Waals surface area contributed by atoms with Gasteiger partial charge in [-0.25, -0.2) is 4.79 Å². The molecule has 0 heterocycles. The summed E-state index contributed by atoms with van der Waals surface area (Å²) in [5.41, 5.74) is 2.08. The van der Waals surface area contributed by atoms with Gasteiger partial charge in [0.05, 0.1) is 11.6 Å². The lowest BCUT2D eigenvalue weighted by Crippen LogP contribution is -2.31. The van der Waals surface area contributed by atoms with Gasteiger partial charge in [0.2, 0.25) is 0 Å². The van der Waals surface area contributed by atoms with Crippen molar-refractivity contribution in [2.75, 3.05) is 19.0 Å². The van der Waals surface area contributed by atoms with Crippen LogP contribution in [0.1, 0.15) is 28.9 Å². The second-order valence-corrected chi connectivity index (χ2v) is 6.23. The maximum atomic E-state index is 12.2. The highest BCUT2D eigenvalue weighted by molar-refractivity contribution is 5.96. The quantitative estimate of drug-likeness (QED) is 0.652. The third-order valence-corrected chi connectivity index (χ3v) is 4.42. The molecule has 27 heavy (non-hydrogen) atoms. The molecule has 0 unspecified atom stereocenters. The second kappa shape index (κ2) is 8.36. The second-order valence-electron chi connectivity index (χ2n) is 6.23. The third-order valence-electron chi connectivity index (χ3n) is 4.42. The summed E-state index contributed by atoms with van der Waals surface area (Å²) in [5, 5.41) is 8.03. The first kappa shape index (κ1) is 18.5. The molecule has 5 nitrogen and oxygen atoms in total. The van der Waals surface area contributed by atoms with Crippen molar-refractivity contribution in [3.8, 4) is 0 Å². The molecule has 1 amide bonds. The van der Waals surface area contributed by atoms with Crippen LogP contribution >= 0.6 is 0 Å². The smallest absolute Gasteiger partial charge is 0.340 e. The average Bonchev–Trinajstić information content (AvgIpc) is 2.71. The highest BCUT2D eigenvalue weighted by Crippen LogP contribution is 2.24. The minimum Gasteiger partial charge on any atom is -0.452 e. The normalized spacial score (nSPS) is 11.6. The number of para-hydroxylation sites is 1. The van der Waals surface area contributed by atoms with E-state index >= 15 is 0 Å². The number of hydrogen-bond acceptors (Lipinski definition) is 4. The molecule has 2 N–H and O–H groups in total. The summed E-state index contributed by atoms with van der Waals surface area (Å²) in [5.74, 6) is -0.876. The molecule has 0 fully saturated rings. The van der Waals surface area contributed by atoms with Crippen molar-refractivity contribution < 1.29 is 14.3 Å². The minimum atomic E-state index is -0.534. The van der Waals surface area contributed by atoms with Crippen LogP contribution in [0.2, 0.25) is 0 Å². The number of hydrogen-bond donors (Lipinski definition) is 2. The molecule has 3 rings (SSSR count). The van der Waals surface area contributed by atoms with Crippen LogP contribution < -0.4 is 10.6 Å². The fourth-order valence-electron chi connectivity index (χ4n) is 3.08. The molecule has 0 aliphatic rings. The van der Waals surface area contributed by atoms with Crippen molar-refractivity contribution in [1.29, 1.82) is 0 Å². The zero-order chi connectivity index (χ0) is 19.2. The molecule has 0 spiro atoms. The zero-order valence-electron chi connectivity index (χ0n) is 15.4. The fraction of sp³-hybridized carbons (Fsp3) is 0.182. The number of amides is 1. The molecule has 0 saturated heterocycles. The molecule has 0 aliphatic carbocycles. The number of ether oxygens (including phenoxy) is 1. The highest BCUT2D eigenvalue weighted by Gasteiger charge is 2.16. The van der Waals surface area contributed by atoms with Gasteiger partial charge in [-0.05, 0) is 35.4 Å². The molecular weight excluding hydrogens is 340 g/mol. The third kappa shape index (κ3) is 4.26. The van der Waals surface area contributed by atoms with Gasteiger partial charge in [-0.3, -0.25) is 4.79 Å². The summed E-state index contributed by atoms with van der Waals surface area (Å²) in [6.45, 7) is 1.59. The highest BCUT2D eigenvalue weighted by atomic mass is 16.5. The van der Waals surface area contributed by atoms with Gasteiger partial charge in [-0.2, -0.15) is 0 Å². The van der Waals surface area contributed by atoms with E-state index in [0.717, 1.165) is 16.3 Å². The molecule has 0 aliphatic heterocycles. The number of carbonyl (C=O) groups is 2. The van der Waals surface area contributed by atoms with E-state index < -0.39 is 5.97 Å². The molecule has 0 saturated carbocycles. The van der Waals surface area contributed by atoms with E-state index in [9.17, 15) is 9.59 Å². The maximum Gasteiger partial charge on any atom is 0.340 e. The lowest BCUT2D eigenvalue weighted by atomic mass is 10.00. The molecule has 0 radical (unpaired) electrons. The summed E-state index contributed by atoms with van der Waals surface area (Å²) in [6, 6.07) is 20.8. The van der Waals surface area contributed by atoms with Crippen LogP contribution in [0.4, 0.5) is 5.69 Å². The van der Waals surface area contributed by atoms with Crippen LogP contribution in [0.15, 0.2) is 66.7 Å². The number of benzene rings is 3. The minimum absolute atomic E-state index is 0.202. The Hall–Kier alpha value is -3.34. The topological polar surface area (TPSA) is 67.4 Å². The van der Waals surface area contributed by atoms with Crippen molar-refractivity contribution >= 4 is 28.3 Å². The molecule has 0 aromatic heterocycles. The van der Waals surface area contributed by atoms with Crippen LogP contribution in [0.5, 0.6) is 0 Å². The van der Waals surface area contributed by atoms with Crippen LogP contribution in [-0.2, 0) is 9.53 Å². The van der Waals surface area contributed by atoms with Gasteiger partial charge >= 0.3 is 5.97 Å². The monoisotopic (exact) mass is 362 g/mol. The zero-order valence-corrected chi connectivity index (χ0v) is 15.4. The Labute approximate surface area is 158 Å². The Morgan fingerprint density at radius 2 is 1.67 bits per heavy atom. The van der Waals surface area contributed by atoms with E-state index in [4.69, 9.17) is 4.74 Å². The number of rotatable bonds is 6. The predicted molar refractivity (Wildman–Crippen MR) is 107 cm³/mol. The molecule has 0 bridgehead atoms. The van der Waals surface area contributed by atoms with Crippen LogP contribution in [0.25, 0.3) is 10.8 Å². The van der Waals surface area contributed by atoms with Gasteiger partial charge < -0.3 is 15.4 Å². The van der Waals surface area contributed by atoms with Gasteiger partial charge in [0.25, 0.3) is 5.91 Å². The lowest BCUT2D eigenvalue weighted by molar-refractivity contribution is -0.124. The van der Waals surface area contributed by atoms with Crippen molar-refractivity contribution in [3.05, 3.63) is 77.9 Å². The number of anilines is 1. The molecule has 5 heteroatoms. The number of carbonyl (C=O) groups excluding carboxylic acids is 2. The van der Waals surface area contributed by atoms with Gasteiger partial charge in [0, 0.05) is 12.7 Å². The molecular formula is C22H22N2O3. The summed E-state index contributed by atoms with van der Waals surface area (Å²) in [7, 11) is 1.73. The SMILES string of the molecule is CNc1ccccc1C(=O)OCC(=O)N[C@H](C)c1cccc2ccccc12. The van der Waals surface area contributed by atoms with E-state index in [2.05, 4.69) is 10.6 Å². The van der Waals surface area contributed by atoms with Crippen molar-refractivity contribution in [3.63, 3.8) is 0 Å². The lowest BCUT2D eigenvalue weighted by Gasteiger charge is -2.17. The van der Waals surface area contributed by atoms with Crippen LogP contribution in [-0.4, -0.2) is 25.5 Å². The number of esters is 1. The first-order chi connectivity index (χ1) is 13.1. The van der Waals surface area contributed by atoms with E-state index in [-0.39, 0.29) is 18.6 Å². The summed E-state index contributed by atoms with van der Waals surface area (Å²) < 4.78 is 5.17. The Kier molecular flexibility index (Phi) is 5.71. The maximum absolute atomic E-state index is 12.2. The largest absolute Gasteiger partial charge is 0.452 e. The average molecular weight is 362 g/mol. The number of nitrogens with one attached hydrogen (secondary N) is 2. The fourth-order valence-corrected chi connectivity index (χ4v) is 3.08. The van der Waals surface area contributed by atoms with Crippen molar-refractivity contribution in [2.24, 2.45) is 0 Å². The van der Waals surface area contributed by atoms with E-state index in [1.54, 1.807) is 25.2 Å². The Bertz CT molecular complexity index is 963. The van der Waals surface area contributed by atoms with Gasteiger partial charge in [-0.1, -0.05) is 54.6 Å². The van der Waals surface area contributed by atoms with Gasteiger partial charge in [-0.15, -0.1) is 0 Å². The summed E-state index contributed by atoms with van der Waals surface area (Å²) in [6.07, 6.45) is 0. The Morgan fingerprint density at radius 3 is 2.48 bits per heavy atom. The van der Waals surface area contributed by atoms with Crippen molar-refractivity contribution in [1.82, 2.24) is 5.32 Å². The molecule has 1 atom stereocenters. The van der Waals surface area contributed by atoms with Crippen LogP contribution in [0.3, 0.4) is 0 Å². The molecule has 3 aromatic carbocycles. The van der Waals surface area contributed by atoms with Crippen molar-refractivity contribution in [2.45, 2.75) is 13.0 Å². The molecule has 138 valence electrons.